The lowest BCUT2D eigenvalue weighted by atomic mass is 9.84. The van der Waals surface area contributed by atoms with Crippen molar-refractivity contribution in [2.24, 2.45) is 0 Å². The van der Waals surface area contributed by atoms with Crippen LogP contribution in [0.4, 0.5) is 0 Å². The van der Waals surface area contributed by atoms with Crippen LogP contribution in [0.3, 0.4) is 0 Å². The number of H-pyrrole nitrogens is 1. The van der Waals surface area contributed by atoms with Crippen molar-refractivity contribution in [3.63, 3.8) is 0 Å². The summed E-state index contributed by atoms with van der Waals surface area (Å²) in [5, 5.41) is 11.8. The van der Waals surface area contributed by atoms with Crippen molar-refractivity contribution in [3.05, 3.63) is 51.8 Å². The SMILES string of the molecule is Cc1nc2[nH]c(C)c(C)c2c(-c2ccc(Cl)cc2)c1C(C)(OC(C)(C)C)C(=O)O. The standard InChI is InChI=1S/C23H27ClN2O3/c1-12-13(2)25-20-17(12)18(15-8-10-16(24)11-9-15)19(14(3)26-20)23(7,21(27)28)29-22(4,5)6/h8-11H,1-7H3,(H,25,26)(H,27,28). The van der Waals surface area contributed by atoms with Gasteiger partial charge in [-0.2, -0.15) is 0 Å². The highest BCUT2D eigenvalue weighted by atomic mass is 35.5. The van der Waals surface area contributed by atoms with Crippen molar-refractivity contribution in [2.75, 3.05) is 0 Å². The molecule has 6 heteroatoms. The van der Waals surface area contributed by atoms with Gasteiger partial charge >= 0.3 is 5.97 Å². The Morgan fingerprint density at radius 3 is 2.21 bits per heavy atom. The first-order valence-corrected chi connectivity index (χ1v) is 9.92. The maximum atomic E-state index is 12.5. The van der Waals surface area contributed by atoms with E-state index in [0.29, 0.717) is 16.3 Å². The molecule has 0 saturated heterocycles. The molecule has 5 nitrogen and oxygen atoms in total. The number of carboxylic acids is 1. The number of halogens is 1. The van der Waals surface area contributed by atoms with Crippen LogP contribution in [0.2, 0.25) is 5.02 Å². The minimum absolute atomic E-state index is 0.553. The molecule has 0 saturated carbocycles. The molecule has 0 spiro atoms. The molecule has 0 aliphatic rings. The molecule has 0 bridgehead atoms. The van der Waals surface area contributed by atoms with Crippen molar-refractivity contribution < 1.29 is 14.6 Å². The number of hydrogen-bond donors (Lipinski definition) is 2. The summed E-state index contributed by atoms with van der Waals surface area (Å²) in [5.74, 6) is -1.06. The van der Waals surface area contributed by atoms with Gasteiger partial charge in [0.2, 0.25) is 0 Å². The molecule has 1 aromatic carbocycles. The molecule has 0 amide bonds. The number of fused-ring (bicyclic) bond motifs is 1. The van der Waals surface area contributed by atoms with Crippen LogP contribution in [0.25, 0.3) is 22.2 Å². The van der Waals surface area contributed by atoms with Crippen molar-refractivity contribution in [1.29, 1.82) is 0 Å². The molecule has 2 N–H and O–H groups in total. The average Bonchev–Trinajstić information content (AvgIpc) is 2.86. The minimum atomic E-state index is -1.59. The zero-order valence-corrected chi connectivity index (χ0v) is 18.7. The molecule has 3 aromatic rings. The minimum Gasteiger partial charge on any atom is -0.479 e. The third-order valence-electron chi connectivity index (χ3n) is 5.15. The maximum absolute atomic E-state index is 12.5. The number of carboxylic acid groups (broad SMARTS) is 1. The molecular weight excluding hydrogens is 388 g/mol. The molecule has 1 atom stereocenters. The largest absolute Gasteiger partial charge is 0.479 e. The summed E-state index contributed by atoms with van der Waals surface area (Å²) in [7, 11) is 0. The third-order valence-corrected chi connectivity index (χ3v) is 5.40. The molecule has 154 valence electrons. The summed E-state index contributed by atoms with van der Waals surface area (Å²) < 4.78 is 6.16. The average molecular weight is 415 g/mol. The van der Waals surface area contributed by atoms with Crippen molar-refractivity contribution in [3.8, 4) is 11.1 Å². The lowest BCUT2D eigenvalue weighted by Crippen LogP contribution is -2.43. The molecule has 0 aliphatic carbocycles. The van der Waals surface area contributed by atoms with Gasteiger partial charge in [0.15, 0.2) is 5.60 Å². The molecular formula is C23H27ClN2O3. The second-order valence-electron chi connectivity index (χ2n) is 8.61. The molecule has 0 radical (unpaired) electrons. The number of ether oxygens (including phenoxy) is 1. The van der Waals surface area contributed by atoms with E-state index in [1.54, 1.807) is 19.1 Å². The van der Waals surface area contributed by atoms with Crippen LogP contribution in [0, 0.1) is 20.8 Å². The van der Waals surface area contributed by atoms with E-state index in [0.717, 1.165) is 33.4 Å². The van der Waals surface area contributed by atoms with Gasteiger partial charge in [-0.15, -0.1) is 0 Å². The highest BCUT2D eigenvalue weighted by Crippen LogP contribution is 2.43. The van der Waals surface area contributed by atoms with E-state index < -0.39 is 17.2 Å². The van der Waals surface area contributed by atoms with Crippen LogP contribution in [-0.4, -0.2) is 26.6 Å². The Labute approximate surface area is 176 Å². The van der Waals surface area contributed by atoms with E-state index in [1.807, 2.05) is 53.7 Å². The molecule has 0 aliphatic heterocycles. The Bertz CT molecular complexity index is 1090. The van der Waals surface area contributed by atoms with Gasteiger partial charge in [0.05, 0.1) is 5.60 Å². The second-order valence-corrected chi connectivity index (χ2v) is 9.04. The fourth-order valence-electron chi connectivity index (χ4n) is 3.92. The normalized spacial score (nSPS) is 14.2. The fourth-order valence-corrected chi connectivity index (χ4v) is 4.05. The number of hydrogen-bond acceptors (Lipinski definition) is 3. The summed E-state index contributed by atoms with van der Waals surface area (Å²) >= 11 is 6.11. The zero-order valence-electron chi connectivity index (χ0n) is 17.9. The Balaban J connectivity index is 2.50. The van der Waals surface area contributed by atoms with Gasteiger partial charge < -0.3 is 14.8 Å². The number of aromatic amines is 1. The van der Waals surface area contributed by atoms with E-state index in [2.05, 4.69) is 4.98 Å². The summed E-state index contributed by atoms with van der Waals surface area (Å²) in [6.45, 7) is 13.0. The van der Waals surface area contributed by atoms with E-state index in [-0.39, 0.29) is 0 Å². The number of pyridine rings is 1. The number of aromatic nitrogens is 2. The third kappa shape index (κ3) is 3.77. The van der Waals surface area contributed by atoms with Crippen LogP contribution in [-0.2, 0) is 15.1 Å². The van der Waals surface area contributed by atoms with E-state index in [1.165, 1.54) is 0 Å². The fraction of sp³-hybridized carbons (Fsp3) is 0.391. The molecule has 3 rings (SSSR count). The Kier molecular flexibility index (Phi) is 5.26. The number of benzene rings is 1. The lowest BCUT2D eigenvalue weighted by Gasteiger charge is -2.35. The second kappa shape index (κ2) is 7.15. The Morgan fingerprint density at radius 1 is 1.10 bits per heavy atom. The molecule has 1 unspecified atom stereocenters. The molecule has 2 heterocycles. The van der Waals surface area contributed by atoms with Crippen LogP contribution < -0.4 is 0 Å². The summed E-state index contributed by atoms with van der Waals surface area (Å²) in [4.78, 5) is 20.6. The number of carbonyl (C=O) groups is 1. The predicted molar refractivity (Wildman–Crippen MR) is 117 cm³/mol. The van der Waals surface area contributed by atoms with E-state index in [9.17, 15) is 9.90 Å². The van der Waals surface area contributed by atoms with Crippen molar-refractivity contribution in [2.45, 2.75) is 59.7 Å². The van der Waals surface area contributed by atoms with Gasteiger partial charge in [-0.25, -0.2) is 9.78 Å². The van der Waals surface area contributed by atoms with Crippen molar-refractivity contribution in [1.82, 2.24) is 9.97 Å². The number of aliphatic carboxylic acids is 1. The van der Waals surface area contributed by atoms with Gasteiger partial charge in [-0.1, -0.05) is 23.7 Å². The predicted octanol–water partition coefficient (Wildman–Crippen LogP) is 5.92. The van der Waals surface area contributed by atoms with E-state index >= 15 is 0 Å². The van der Waals surface area contributed by atoms with Gasteiger partial charge in [-0.3, -0.25) is 0 Å². The van der Waals surface area contributed by atoms with Crippen LogP contribution >= 0.6 is 11.6 Å². The van der Waals surface area contributed by atoms with Crippen LogP contribution in [0.5, 0.6) is 0 Å². The number of nitrogens with zero attached hydrogens (tertiary/aromatic N) is 1. The highest BCUT2D eigenvalue weighted by molar-refractivity contribution is 6.30. The molecule has 29 heavy (non-hydrogen) atoms. The quantitative estimate of drug-likeness (QED) is 0.555. The number of nitrogens with one attached hydrogen (secondary N) is 1. The Morgan fingerprint density at radius 2 is 1.69 bits per heavy atom. The maximum Gasteiger partial charge on any atom is 0.340 e. The lowest BCUT2D eigenvalue weighted by molar-refractivity contribution is -0.183. The van der Waals surface area contributed by atoms with Gasteiger partial charge in [0.1, 0.15) is 5.65 Å². The summed E-state index contributed by atoms with van der Waals surface area (Å²) in [5.41, 5.74) is 3.33. The van der Waals surface area contributed by atoms with Gasteiger partial charge in [0.25, 0.3) is 0 Å². The van der Waals surface area contributed by atoms with E-state index in [4.69, 9.17) is 21.3 Å². The van der Waals surface area contributed by atoms with Gasteiger partial charge in [0, 0.05) is 32.9 Å². The highest BCUT2D eigenvalue weighted by Gasteiger charge is 2.44. The first-order chi connectivity index (χ1) is 13.3. The van der Waals surface area contributed by atoms with Crippen molar-refractivity contribution >= 4 is 28.6 Å². The first kappa shape index (κ1) is 21.3. The first-order valence-electron chi connectivity index (χ1n) is 9.54. The Hall–Kier alpha value is -2.37. The topological polar surface area (TPSA) is 75.2 Å². The molecule has 0 fully saturated rings. The monoisotopic (exact) mass is 414 g/mol. The summed E-state index contributed by atoms with van der Waals surface area (Å²) in [6, 6.07) is 7.42. The van der Waals surface area contributed by atoms with Crippen LogP contribution in [0.1, 0.15) is 50.2 Å². The molecule has 2 aromatic heterocycles. The summed E-state index contributed by atoms with van der Waals surface area (Å²) in [6.07, 6.45) is 0. The number of rotatable bonds is 4. The van der Waals surface area contributed by atoms with Gasteiger partial charge in [-0.05, 0) is 71.7 Å². The number of aryl methyl sites for hydroxylation is 3. The zero-order chi connectivity index (χ0) is 21.7. The smallest absolute Gasteiger partial charge is 0.340 e. The van der Waals surface area contributed by atoms with Crippen LogP contribution in [0.15, 0.2) is 24.3 Å².